The van der Waals surface area contributed by atoms with Gasteiger partial charge in [0.05, 0.1) is 14.2 Å². The van der Waals surface area contributed by atoms with Crippen LogP contribution in [0.25, 0.3) is 10.6 Å². The zero-order valence-corrected chi connectivity index (χ0v) is 13.6. The summed E-state index contributed by atoms with van der Waals surface area (Å²) in [5, 5.41) is 9.72. The van der Waals surface area contributed by atoms with Crippen LogP contribution in [0.15, 0.2) is 53.5 Å². The van der Waals surface area contributed by atoms with E-state index in [-0.39, 0.29) is 0 Å². The highest BCUT2D eigenvalue weighted by atomic mass is 32.1. The molecule has 1 heterocycles. The molecule has 0 fully saturated rings. The molecule has 0 saturated carbocycles. The molecule has 0 spiro atoms. The fourth-order valence-electron chi connectivity index (χ4n) is 2.01. The molecule has 5 nitrogen and oxygen atoms in total. The van der Waals surface area contributed by atoms with Crippen LogP contribution in [-0.4, -0.2) is 30.6 Å². The van der Waals surface area contributed by atoms with E-state index in [0.29, 0.717) is 10.9 Å². The summed E-state index contributed by atoms with van der Waals surface area (Å²) in [7, 11) is 3.24. The van der Waals surface area contributed by atoms with Crippen molar-refractivity contribution in [1.29, 1.82) is 0 Å². The van der Waals surface area contributed by atoms with Gasteiger partial charge in [-0.3, -0.25) is 0 Å². The molecule has 0 aliphatic heterocycles. The second-order valence-electron chi connectivity index (χ2n) is 4.62. The molecule has 6 heteroatoms. The minimum atomic E-state index is 0.599. The first-order valence-electron chi connectivity index (χ1n) is 6.95. The SMILES string of the molecule is COc1ccc(/C=N/c2nnc(-c3ccccc3)s2)c(OC)c1. The summed E-state index contributed by atoms with van der Waals surface area (Å²) >= 11 is 1.44. The topological polar surface area (TPSA) is 56.6 Å². The third kappa shape index (κ3) is 3.54. The summed E-state index contributed by atoms with van der Waals surface area (Å²) in [6.45, 7) is 0. The quantitative estimate of drug-likeness (QED) is 0.666. The van der Waals surface area contributed by atoms with Gasteiger partial charge in [0.1, 0.15) is 16.5 Å². The van der Waals surface area contributed by atoms with Gasteiger partial charge < -0.3 is 9.47 Å². The Balaban J connectivity index is 1.82. The van der Waals surface area contributed by atoms with Crippen LogP contribution >= 0.6 is 11.3 Å². The van der Waals surface area contributed by atoms with Crippen molar-refractivity contribution in [3.05, 3.63) is 54.1 Å². The number of hydrogen-bond acceptors (Lipinski definition) is 6. The van der Waals surface area contributed by atoms with Crippen molar-refractivity contribution >= 4 is 22.7 Å². The summed E-state index contributed by atoms with van der Waals surface area (Å²) in [6, 6.07) is 15.5. The number of benzene rings is 2. The van der Waals surface area contributed by atoms with Crippen molar-refractivity contribution in [3.63, 3.8) is 0 Å². The Morgan fingerprint density at radius 3 is 2.57 bits per heavy atom. The van der Waals surface area contributed by atoms with Crippen molar-refractivity contribution in [2.75, 3.05) is 14.2 Å². The van der Waals surface area contributed by atoms with Crippen LogP contribution < -0.4 is 9.47 Å². The van der Waals surface area contributed by atoms with Crippen molar-refractivity contribution in [3.8, 4) is 22.1 Å². The molecular weight excluding hydrogens is 310 g/mol. The van der Waals surface area contributed by atoms with Crippen LogP contribution in [0.4, 0.5) is 5.13 Å². The van der Waals surface area contributed by atoms with Gasteiger partial charge in [-0.2, -0.15) is 0 Å². The fourth-order valence-corrected chi connectivity index (χ4v) is 2.71. The van der Waals surface area contributed by atoms with E-state index in [9.17, 15) is 0 Å². The maximum absolute atomic E-state index is 5.35. The first kappa shape index (κ1) is 15.2. The Labute approximate surface area is 138 Å². The highest BCUT2D eigenvalue weighted by molar-refractivity contribution is 7.18. The van der Waals surface area contributed by atoms with Gasteiger partial charge in [-0.05, 0) is 12.1 Å². The summed E-state index contributed by atoms with van der Waals surface area (Å²) in [6.07, 6.45) is 1.72. The molecule has 0 bridgehead atoms. The van der Waals surface area contributed by atoms with E-state index in [1.807, 2.05) is 48.5 Å². The number of aromatic nitrogens is 2. The Morgan fingerprint density at radius 1 is 1.00 bits per heavy atom. The van der Waals surface area contributed by atoms with Gasteiger partial charge in [0.25, 0.3) is 0 Å². The smallest absolute Gasteiger partial charge is 0.231 e. The number of aliphatic imine (C=N–C) groups is 1. The molecule has 0 saturated heterocycles. The van der Waals surface area contributed by atoms with E-state index in [2.05, 4.69) is 15.2 Å². The highest BCUT2D eigenvalue weighted by Gasteiger charge is 2.06. The minimum Gasteiger partial charge on any atom is -0.497 e. The second-order valence-corrected chi connectivity index (χ2v) is 5.58. The van der Waals surface area contributed by atoms with Crippen LogP contribution in [0, 0.1) is 0 Å². The van der Waals surface area contributed by atoms with Gasteiger partial charge in [-0.15, -0.1) is 10.2 Å². The van der Waals surface area contributed by atoms with E-state index in [1.165, 1.54) is 11.3 Å². The molecule has 0 unspecified atom stereocenters. The third-order valence-corrected chi connectivity index (χ3v) is 4.07. The van der Waals surface area contributed by atoms with Gasteiger partial charge in [0.15, 0.2) is 0 Å². The molecule has 2 aromatic carbocycles. The van der Waals surface area contributed by atoms with E-state index in [1.54, 1.807) is 20.4 Å². The maximum Gasteiger partial charge on any atom is 0.231 e. The molecule has 0 radical (unpaired) electrons. The predicted molar refractivity (Wildman–Crippen MR) is 92.1 cm³/mol. The van der Waals surface area contributed by atoms with E-state index in [4.69, 9.17) is 9.47 Å². The molecule has 1 aromatic heterocycles. The lowest BCUT2D eigenvalue weighted by Crippen LogP contribution is -1.92. The number of rotatable bonds is 5. The zero-order chi connectivity index (χ0) is 16.1. The van der Waals surface area contributed by atoms with Crippen molar-refractivity contribution in [1.82, 2.24) is 10.2 Å². The molecule has 23 heavy (non-hydrogen) atoms. The summed E-state index contributed by atoms with van der Waals surface area (Å²) in [4.78, 5) is 4.39. The van der Waals surface area contributed by atoms with E-state index in [0.717, 1.165) is 21.9 Å². The second kappa shape index (κ2) is 7.02. The van der Waals surface area contributed by atoms with E-state index < -0.39 is 0 Å². The van der Waals surface area contributed by atoms with Gasteiger partial charge in [0.2, 0.25) is 5.13 Å². The van der Waals surface area contributed by atoms with Crippen LogP contribution in [0.2, 0.25) is 0 Å². The monoisotopic (exact) mass is 325 g/mol. The molecule has 3 rings (SSSR count). The van der Waals surface area contributed by atoms with Crippen LogP contribution in [0.1, 0.15) is 5.56 Å². The first-order chi connectivity index (χ1) is 11.3. The highest BCUT2D eigenvalue weighted by Crippen LogP contribution is 2.28. The van der Waals surface area contributed by atoms with Crippen molar-refractivity contribution in [2.24, 2.45) is 4.99 Å². The molecule has 0 aliphatic rings. The zero-order valence-electron chi connectivity index (χ0n) is 12.8. The van der Waals surface area contributed by atoms with Crippen molar-refractivity contribution in [2.45, 2.75) is 0 Å². The minimum absolute atomic E-state index is 0.599. The standard InChI is InChI=1S/C17H15N3O2S/c1-21-14-9-8-13(15(10-14)22-2)11-18-17-20-19-16(23-17)12-6-4-3-5-7-12/h3-11H,1-2H3/b18-11+. The molecular formula is C17H15N3O2S. The van der Waals surface area contributed by atoms with Gasteiger partial charge in [-0.1, -0.05) is 41.7 Å². The van der Waals surface area contributed by atoms with Gasteiger partial charge in [0, 0.05) is 23.4 Å². The summed E-state index contributed by atoms with van der Waals surface area (Å²) < 4.78 is 10.5. The Bertz CT molecular complexity index is 816. The molecule has 0 amide bonds. The maximum atomic E-state index is 5.35. The van der Waals surface area contributed by atoms with Gasteiger partial charge >= 0.3 is 0 Å². The molecule has 3 aromatic rings. The average molecular weight is 325 g/mol. The average Bonchev–Trinajstić information content (AvgIpc) is 3.09. The molecule has 0 atom stereocenters. The lowest BCUT2D eigenvalue weighted by molar-refractivity contribution is 0.394. The van der Waals surface area contributed by atoms with Crippen LogP contribution in [0.5, 0.6) is 11.5 Å². The number of ether oxygens (including phenoxy) is 2. The number of methoxy groups -OCH3 is 2. The summed E-state index contributed by atoms with van der Waals surface area (Å²) in [5.41, 5.74) is 1.89. The Morgan fingerprint density at radius 2 is 1.83 bits per heavy atom. The molecule has 0 N–H and O–H groups in total. The first-order valence-corrected chi connectivity index (χ1v) is 7.77. The predicted octanol–water partition coefficient (Wildman–Crippen LogP) is 3.97. The molecule has 116 valence electrons. The number of nitrogens with zero attached hydrogens (tertiary/aromatic N) is 3. The Kier molecular flexibility index (Phi) is 4.63. The van der Waals surface area contributed by atoms with Crippen LogP contribution in [-0.2, 0) is 0 Å². The Hall–Kier alpha value is -2.73. The fraction of sp³-hybridized carbons (Fsp3) is 0.118. The van der Waals surface area contributed by atoms with Crippen molar-refractivity contribution < 1.29 is 9.47 Å². The van der Waals surface area contributed by atoms with Gasteiger partial charge in [-0.25, -0.2) is 4.99 Å². The molecule has 0 aliphatic carbocycles. The number of hydrogen-bond donors (Lipinski definition) is 0. The normalized spacial score (nSPS) is 10.9. The summed E-state index contributed by atoms with van der Waals surface area (Å²) in [5.74, 6) is 1.43. The third-order valence-electron chi connectivity index (χ3n) is 3.19. The van der Waals surface area contributed by atoms with Crippen LogP contribution in [0.3, 0.4) is 0 Å². The lowest BCUT2D eigenvalue weighted by Gasteiger charge is -2.06. The lowest BCUT2D eigenvalue weighted by atomic mass is 10.2. The largest absolute Gasteiger partial charge is 0.497 e. The van der Waals surface area contributed by atoms with E-state index >= 15 is 0 Å².